The van der Waals surface area contributed by atoms with Crippen LogP contribution in [0.1, 0.15) is 29.5 Å². The van der Waals surface area contributed by atoms with Crippen LogP contribution in [-0.4, -0.2) is 54.0 Å². The van der Waals surface area contributed by atoms with Crippen LogP contribution >= 0.6 is 11.8 Å². The lowest BCUT2D eigenvalue weighted by atomic mass is 10.1. The number of hydrogen-bond donors (Lipinski definition) is 0. The zero-order chi connectivity index (χ0) is 24.7. The first-order chi connectivity index (χ1) is 17.7. The van der Waals surface area contributed by atoms with Crippen LogP contribution in [0.3, 0.4) is 0 Å². The van der Waals surface area contributed by atoms with Crippen molar-refractivity contribution >= 4 is 17.7 Å². The van der Waals surface area contributed by atoms with E-state index in [1.807, 2.05) is 41.3 Å². The Balaban J connectivity index is 1.26. The molecule has 6 nitrogen and oxygen atoms in total. The first-order valence-electron chi connectivity index (χ1n) is 12.5. The molecule has 0 N–H and O–H groups in total. The van der Waals surface area contributed by atoms with E-state index in [2.05, 4.69) is 29.2 Å². The molecule has 7 heteroatoms. The van der Waals surface area contributed by atoms with Gasteiger partial charge in [-0.1, -0.05) is 48.2 Å². The van der Waals surface area contributed by atoms with Gasteiger partial charge in [0.25, 0.3) is 0 Å². The molecule has 1 aromatic heterocycles. The van der Waals surface area contributed by atoms with E-state index in [0.717, 1.165) is 48.6 Å². The Bertz CT molecular complexity index is 1140. The third-order valence-electron chi connectivity index (χ3n) is 6.69. The summed E-state index contributed by atoms with van der Waals surface area (Å²) in [6.45, 7) is 1.84. The summed E-state index contributed by atoms with van der Waals surface area (Å²) in [5, 5.41) is 0.847. The fraction of sp³-hybridized carbons (Fsp3) is 0.379. The molecule has 2 aromatic carbocycles. The summed E-state index contributed by atoms with van der Waals surface area (Å²) in [4.78, 5) is 19.5. The first-order valence-corrected chi connectivity index (χ1v) is 13.5. The van der Waals surface area contributed by atoms with E-state index < -0.39 is 0 Å². The number of thioether (sulfide) groups is 1. The smallest absolute Gasteiger partial charge is 0.233 e. The topological polar surface area (TPSA) is 60.9 Å². The van der Waals surface area contributed by atoms with Crippen molar-refractivity contribution in [1.82, 2.24) is 9.88 Å². The summed E-state index contributed by atoms with van der Waals surface area (Å²) in [5.41, 5.74) is 3.71. The maximum atomic E-state index is 13.2. The molecular formula is C29H32N2O4S. The summed E-state index contributed by atoms with van der Waals surface area (Å²) < 4.78 is 17.9. The van der Waals surface area contributed by atoms with Crippen molar-refractivity contribution in [3.8, 4) is 11.5 Å². The molecule has 1 atom stereocenters. The van der Waals surface area contributed by atoms with Crippen molar-refractivity contribution in [2.45, 2.75) is 49.5 Å². The average molecular weight is 505 g/mol. The third-order valence-corrected chi connectivity index (χ3v) is 7.62. The monoisotopic (exact) mass is 504 g/mol. The number of nitrogens with zero attached hydrogens (tertiary/aromatic N) is 2. The number of aromatic nitrogens is 1. The third kappa shape index (κ3) is 6.20. The Morgan fingerprint density at radius 3 is 2.58 bits per heavy atom. The molecule has 2 heterocycles. The second-order valence-electron chi connectivity index (χ2n) is 9.27. The molecule has 188 valence electrons. The van der Waals surface area contributed by atoms with Gasteiger partial charge in [-0.2, -0.15) is 0 Å². The first kappa shape index (κ1) is 24.7. The van der Waals surface area contributed by atoms with Gasteiger partial charge in [0.2, 0.25) is 5.91 Å². The highest BCUT2D eigenvalue weighted by atomic mass is 32.2. The van der Waals surface area contributed by atoms with Crippen LogP contribution in [-0.2, 0) is 28.9 Å². The van der Waals surface area contributed by atoms with Gasteiger partial charge in [0.05, 0.1) is 24.0 Å². The number of pyridine rings is 1. The van der Waals surface area contributed by atoms with E-state index >= 15 is 0 Å². The van der Waals surface area contributed by atoms with Crippen LogP contribution < -0.4 is 9.47 Å². The Morgan fingerprint density at radius 1 is 1.08 bits per heavy atom. The fourth-order valence-electron chi connectivity index (χ4n) is 4.86. The Labute approximate surface area is 217 Å². The van der Waals surface area contributed by atoms with Crippen molar-refractivity contribution in [3.63, 3.8) is 0 Å². The zero-order valence-corrected chi connectivity index (χ0v) is 21.4. The van der Waals surface area contributed by atoms with Gasteiger partial charge < -0.3 is 19.1 Å². The van der Waals surface area contributed by atoms with Gasteiger partial charge in [-0.05, 0) is 53.8 Å². The molecule has 1 unspecified atom stereocenters. The number of hydrogen-bond acceptors (Lipinski definition) is 6. The largest absolute Gasteiger partial charge is 0.493 e. The lowest BCUT2D eigenvalue weighted by Gasteiger charge is -2.26. The average Bonchev–Trinajstić information content (AvgIpc) is 3.57. The minimum absolute atomic E-state index is 0.0733. The van der Waals surface area contributed by atoms with Crippen LogP contribution in [0.25, 0.3) is 0 Å². The highest BCUT2D eigenvalue weighted by Gasteiger charge is 2.25. The van der Waals surface area contributed by atoms with Crippen LogP contribution in [0.15, 0.2) is 71.9 Å². The number of carbonyl (C=O) groups is 1. The number of amides is 1. The van der Waals surface area contributed by atoms with Crippen molar-refractivity contribution in [1.29, 1.82) is 0 Å². The normalized spacial score (nSPS) is 17.1. The Morgan fingerprint density at radius 2 is 1.89 bits per heavy atom. The van der Waals surface area contributed by atoms with Crippen molar-refractivity contribution in [3.05, 3.63) is 83.6 Å². The molecule has 1 amide bonds. The van der Waals surface area contributed by atoms with Crippen LogP contribution in [0.4, 0.5) is 0 Å². The van der Waals surface area contributed by atoms with E-state index in [0.29, 0.717) is 24.6 Å². The van der Waals surface area contributed by atoms with E-state index in [9.17, 15) is 4.79 Å². The Kier molecular flexibility index (Phi) is 8.08. The number of rotatable bonds is 10. The van der Waals surface area contributed by atoms with Crippen LogP contribution in [0, 0.1) is 0 Å². The summed E-state index contributed by atoms with van der Waals surface area (Å²) >= 11 is 1.46. The summed E-state index contributed by atoms with van der Waals surface area (Å²) in [7, 11) is 1.66. The van der Waals surface area contributed by atoms with Crippen molar-refractivity contribution < 1.29 is 19.0 Å². The van der Waals surface area contributed by atoms with E-state index in [1.54, 1.807) is 13.3 Å². The summed E-state index contributed by atoms with van der Waals surface area (Å²) in [6.07, 6.45) is 5.76. The Hall–Kier alpha value is -3.03. The zero-order valence-electron chi connectivity index (χ0n) is 20.6. The van der Waals surface area contributed by atoms with E-state index in [4.69, 9.17) is 14.2 Å². The predicted octanol–water partition coefficient (Wildman–Crippen LogP) is 4.94. The number of fused-ring (bicyclic) bond motifs is 1. The maximum Gasteiger partial charge on any atom is 0.233 e. The molecule has 3 aromatic rings. The molecule has 1 aliphatic carbocycles. The standard InChI is InChI=1S/C29H32N2O4S/c1-33-27-15-21(11-12-26(27)35-25-16-22-7-2-3-8-23(22)17-25)18-31(19-24-9-6-14-34-24)29(32)20-36-28-10-4-5-13-30-28/h2-5,7-8,10-13,15,24-25H,6,9,14,16-20H2,1H3. The minimum atomic E-state index is 0.0733. The molecule has 0 bridgehead atoms. The highest BCUT2D eigenvalue weighted by molar-refractivity contribution is 7.99. The molecule has 0 spiro atoms. The molecule has 1 aliphatic heterocycles. The minimum Gasteiger partial charge on any atom is -0.493 e. The summed E-state index contributed by atoms with van der Waals surface area (Å²) in [5.74, 6) is 1.84. The molecular weight excluding hydrogens is 472 g/mol. The fourth-order valence-corrected chi connectivity index (χ4v) is 5.62. The molecule has 36 heavy (non-hydrogen) atoms. The molecule has 1 saturated heterocycles. The molecule has 0 saturated carbocycles. The molecule has 0 radical (unpaired) electrons. The van der Waals surface area contributed by atoms with Crippen LogP contribution in [0.5, 0.6) is 11.5 Å². The van der Waals surface area contributed by atoms with Crippen molar-refractivity contribution in [2.24, 2.45) is 0 Å². The van der Waals surface area contributed by atoms with Gasteiger partial charge in [0.15, 0.2) is 11.5 Å². The van der Waals surface area contributed by atoms with Crippen LogP contribution in [0.2, 0.25) is 0 Å². The van der Waals surface area contributed by atoms with E-state index in [1.165, 1.54) is 22.9 Å². The van der Waals surface area contributed by atoms with Gasteiger partial charge in [-0.15, -0.1) is 0 Å². The van der Waals surface area contributed by atoms with Gasteiger partial charge in [-0.25, -0.2) is 4.98 Å². The second-order valence-corrected chi connectivity index (χ2v) is 10.3. The number of ether oxygens (including phenoxy) is 3. The lowest BCUT2D eigenvalue weighted by molar-refractivity contribution is -0.130. The molecule has 5 rings (SSSR count). The van der Waals surface area contributed by atoms with E-state index in [-0.39, 0.29) is 18.1 Å². The van der Waals surface area contributed by atoms with Gasteiger partial charge in [-0.3, -0.25) is 4.79 Å². The van der Waals surface area contributed by atoms with Gasteiger partial charge >= 0.3 is 0 Å². The highest BCUT2D eigenvalue weighted by Crippen LogP contribution is 2.33. The number of methoxy groups -OCH3 is 1. The number of benzene rings is 2. The van der Waals surface area contributed by atoms with Crippen molar-refractivity contribution in [2.75, 3.05) is 26.0 Å². The summed E-state index contributed by atoms with van der Waals surface area (Å²) in [6, 6.07) is 20.2. The lowest BCUT2D eigenvalue weighted by Crippen LogP contribution is -2.38. The van der Waals surface area contributed by atoms with Gasteiger partial charge in [0, 0.05) is 38.7 Å². The maximum absolute atomic E-state index is 13.2. The molecule has 2 aliphatic rings. The quantitative estimate of drug-likeness (QED) is 0.365. The SMILES string of the molecule is COc1cc(CN(CC2CCCO2)C(=O)CSc2ccccn2)ccc1OC1Cc2ccccc2C1. The molecule has 1 fully saturated rings. The predicted molar refractivity (Wildman–Crippen MR) is 141 cm³/mol. The van der Waals surface area contributed by atoms with Gasteiger partial charge in [0.1, 0.15) is 6.10 Å². The number of carbonyl (C=O) groups excluding carboxylic acids is 1. The second kappa shape index (κ2) is 11.8.